The average molecular weight is 233 g/mol. The minimum Gasteiger partial charge on any atom is -0.357 e. The minimum absolute atomic E-state index is 0.517. The summed E-state index contributed by atoms with van der Waals surface area (Å²) in [5, 5.41) is 0. The Morgan fingerprint density at radius 3 is 2.94 bits per heavy atom. The van der Waals surface area contributed by atoms with Crippen LogP contribution in [0, 0.1) is 5.92 Å². The van der Waals surface area contributed by atoms with E-state index < -0.39 is 0 Å². The molecular formula is C14H23N3. The van der Waals surface area contributed by atoms with Crippen LogP contribution in [-0.4, -0.2) is 18.1 Å². The second-order valence-corrected chi connectivity index (χ2v) is 5.23. The SMILES string of the molecule is CC1CCCC(N(C)c2cccc(CN)n2)C1. The van der Waals surface area contributed by atoms with Gasteiger partial charge in [0, 0.05) is 19.6 Å². The number of aromatic nitrogens is 1. The maximum Gasteiger partial charge on any atom is 0.128 e. The molecule has 2 rings (SSSR count). The van der Waals surface area contributed by atoms with E-state index in [-0.39, 0.29) is 0 Å². The van der Waals surface area contributed by atoms with Crippen molar-refractivity contribution in [3.63, 3.8) is 0 Å². The predicted molar refractivity (Wildman–Crippen MR) is 72.0 cm³/mol. The summed E-state index contributed by atoms with van der Waals surface area (Å²) in [6.07, 6.45) is 5.29. The molecule has 0 aromatic carbocycles. The van der Waals surface area contributed by atoms with Crippen LogP contribution in [-0.2, 0) is 6.54 Å². The van der Waals surface area contributed by atoms with Gasteiger partial charge in [-0.3, -0.25) is 0 Å². The molecule has 2 atom stereocenters. The highest BCUT2D eigenvalue weighted by atomic mass is 15.2. The number of hydrogen-bond donors (Lipinski definition) is 1. The van der Waals surface area contributed by atoms with Crippen molar-refractivity contribution in [2.24, 2.45) is 11.7 Å². The Kier molecular flexibility index (Phi) is 4.00. The summed E-state index contributed by atoms with van der Waals surface area (Å²) < 4.78 is 0. The van der Waals surface area contributed by atoms with Crippen molar-refractivity contribution in [1.82, 2.24) is 4.98 Å². The van der Waals surface area contributed by atoms with Crippen molar-refractivity contribution in [3.05, 3.63) is 23.9 Å². The van der Waals surface area contributed by atoms with E-state index in [4.69, 9.17) is 5.73 Å². The Morgan fingerprint density at radius 2 is 2.24 bits per heavy atom. The van der Waals surface area contributed by atoms with Crippen LogP contribution in [0.3, 0.4) is 0 Å². The first-order valence-electron chi connectivity index (χ1n) is 6.59. The topological polar surface area (TPSA) is 42.1 Å². The molecule has 2 N–H and O–H groups in total. The highest BCUT2D eigenvalue weighted by molar-refractivity contribution is 5.39. The molecule has 0 spiro atoms. The summed E-state index contributed by atoms with van der Waals surface area (Å²) in [7, 11) is 2.16. The number of nitrogens with two attached hydrogens (primary N) is 1. The van der Waals surface area contributed by atoms with Crippen LogP contribution in [0.2, 0.25) is 0 Å². The second-order valence-electron chi connectivity index (χ2n) is 5.23. The van der Waals surface area contributed by atoms with Crippen LogP contribution < -0.4 is 10.6 Å². The lowest BCUT2D eigenvalue weighted by Crippen LogP contribution is -2.36. The van der Waals surface area contributed by atoms with Crippen molar-refractivity contribution in [2.75, 3.05) is 11.9 Å². The number of pyridine rings is 1. The molecule has 1 fully saturated rings. The highest BCUT2D eigenvalue weighted by Gasteiger charge is 2.23. The van der Waals surface area contributed by atoms with Gasteiger partial charge in [-0.2, -0.15) is 0 Å². The second kappa shape index (κ2) is 5.50. The molecule has 1 aromatic rings. The van der Waals surface area contributed by atoms with Gasteiger partial charge >= 0.3 is 0 Å². The molecule has 1 heterocycles. The van der Waals surface area contributed by atoms with Gasteiger partial charge in [0.25, 0.3) is 0 Å². The molecule has 0 saturated heterocycles. The molecule has 1 aliphatic carbocycles. The molecule has 1 saturated carbocycles. The van der Waals surface area contributed by atoms with Gasteiger partial charge < -0.3 is 10.6 Å². The molecule has 17 heavy (non-hydrogen) atoms. The van der Waals surface area contributed by atoms with E-state index in [9.17, 15) is 0 Å². The lowest BCUT2D eigenvalue weighted by molar-refractivity contribution is 0.335. The zero-order valence-electron chi connectivity index (χ0n) is 10.9. The van der Waals surface area contributed by atoms with E-state index in [1.165, 1.54) is 25.7 Å². The summed E-state index contributed by atoms with van der Waals surface area (Å²) in [6.45, 7) is 2.87. The zero-order chi connectivity index (χ0) is 12.3. The Hall–Kier alpha value is -1.09. The molecule has 2 unspecified atom stereocenters. The van der Waals surface area contributed by atoms with E-state index in [2.05, 4.69) is 29.9 Å². The average Bonchev–Trinajstić information content (AvgIpc) is 2.38. The standard InChI is InChI=1S/C14H23N3/c1-11-5-3-7-13(9-11)17(2)14-8-4-6-12(10-15)16-14/h4,6,8,11,13H,3,5,7,9-10,15H2,1-2H3. The van der Waals surface area contributed by atoms with Gasteiger partial charge in [0.15, 0.2) is 0 Å². The van der Waals surface area contributed by atoms with Crippen molar-refractivity contribution in [3.8, 4) is 0 Å². The molecule has 0 aliphatic heterocycles. The van der Waals surface area contributed by atoms with Gasteiger partial charge in [-0.25, -0.2) is 4.98 Å². The Labute approximate surface area is 104 Å². The minimum atomic E-state index is 0.517. The van der Waals surface area contributed by atoms with Crippen LogP contribution in [0.1, 0.15) is 38.3 Å². The first kappa shape index (κ1) is 12.4. The van der Waals surface area contributed by atoms with E-state index >= 15 is 0 Å². The van der Waals surface area contributed by atoms with Gasteiger partial charge in [-0.15, -0.1) is 0 Å². The molecule has 0 amide bonds. The fourth-order valence-corrected chi connectivity index (χ4v) is 2.72. The summed E-state index contributed by atoms with van der Waals surface area (Å²) in [4.78, 5) is 6.92. The normalized spacial score (nSPS) is 24.6. The molecular weight excluding hydrogens is 210 g/mol. The van der Waals surface area contributed by atoms with E-state index in [1.54, 1.807) is 0 Å². The van der Waals surface area contributed by atoms with Gasteiger partial charge in [0.05, 0.1) is 5.69 Å². The zero-order valence-corrected chi connectivity index (χ0v) is 10.9. The van der Waals surface area contributed by atoms with E-state index in [0.29, 0.717) is 12.6 Å². The van der Waals surface area contributed by atoms with Crippen LogP contribution in [0.25, 0.3) is 0 Å². The quantitative estimate of drug-likeness (QED) is 0.872. The largest absolute Gasteiger partial charge is 0.357 e. The Bertz CT molecular complexity index is 364. The lowest BCUT2D eigenvalue weighted by Gasteiger charge is -2.35. The van der Waals surface area contributed by atoms with Gasteiger partial charge in [-0.05, 0) is 30.9 Å². The summed E-state index contributed by atoms with van der Waals surface area (Å²) in [5.41, 5.74) is 6.61. The van der Waals surface area contributed by atoms with Crippen LogP contribution in [0.5, 0.6) is 0 Å². The fourth-order valence-electron chi connectivity index (χ4n) is 2.72. The molecule has 94 valence electrons. The van der Waals surface area contributed by atoms with Crippen molar-refractivity contribution >= 4 is 5.82 Å². The third-order valence-electron chi connectivity index (χ3n) is 3.82. The van der Waals surface area contributed by atoms with Gasteiger partial charge in [0.2, 0.25) is 0 Å². The number of nitrogens with zero attached hydrogens (tertiary/aromatic N) is 2. The number of hydrogen-bond acceptors (Lipinski definition) is 3. The van der Waals surface area contributed by atoms with Gasteiger partial charge in [-0.1, -0.05) is 25.8 Å². The van der Waals surface area contributed by atoms with Crippen LogP contribution in [0.4, 0.5) is 5.82 Å². The smallest absolute Gasteiger partial charge is 0.128 e. The Morgan fingerprint density at radius 1 is 1.41 bits per heavy atom. The molecule has 3 nitrogen and oxygen atoms in total. The van der Waals surface area contributed by atoms with Crippen molar-refractivity contribution in [2.45, 2.75) is 45.2 Å². The van der Waals surface area contributed by atoms with Crippen LogP contribution >= 0.6 is 0 Å². The molecule has 1 aliphatic rings. The first-order valence-corrected chi connectivity index (χ1v) is 6.59. The Balaban J connectivity index is 2.09. The van der Waals surface area contributed by atoms with Crippen molar-refractivity contribution < 1.29 is 0 Å². The van der Waals surface area contributed by atoms with Crippen LogP contribution in [0.15, 0.2) is 18.2 Å². The number of rotatable bonds is 3. The molecule has 0 radical (unpaired) electrons. The molecule has 1 aromatic heterocycles. The molecule has 3 heteroatoms. The van der Waals surface area contributed by atoms with Gasteiger partial charge in [0.1, 0.15) is 5.82 Å². The fraction of sp³-hybridized carbons (Fsp3) is 0.643. The summed E-state index contributed by atoms with van der Waals surface area (Å²) in [5.74, 6) is 1.90. The third-order valence-corrected chi connectivity index (χ3v) is 3.82. The predicted octanol–water partition coefficient (Wildman–Crippen LogP) is 2.56. The summed E-state index contributed by atoms with van der Waals surface area (Å²) in [6, 6.07) is 6.76. The summed E-state index contributed by atoms with van der Waals surface area (Å²) >= 11 is 0. The monoisotopic (exact) mass is 233 g/mol. The molecule has 0 bridgehead atoms. The maximum atomic E-state index is 5.64. The van der Waals surface area contributed by atoms with E-state index in [0.717, 1.165) is 17.4 Å². The lowest BCUT2D eigenvalue weighted by atomic mass is 9.86. The highest BCUT2D eigenvalue weighted by Crippen LogP contribution is 2.28. The van der Waals surface area contributed by atoms with E-state index in [1.807, 2.05) is 12.1 Å². The number of anilines is 1. The third kappa shape index (κ3) is 2.97. The maximum absolute atomic E-state index is 5.64. The van der Waals surface area contributed by atoms with Crippen molar-refractivity contribution in [1.29, 1.82) is 0 Å². The first-order chi connectivity index (χ1) is 8.20.